The van der Waals surface area contributed by atoms with Gasteiger partial charge in [0.1, 0.15) is 0 Å². The second-order valence-corrected chi connectivity index (χ2v) is 5.17. The van der Waals surface area contributed by atoms with Crippen molar-refractivity contribution in [2.24, 2.45) is 5.92 Å². The van der Waals surface area contributed by atoms with Crippen molar-refractivity contribution in [1.82, 2.24) is 4.90 Å². The highest BCUT2D eigenvalue weighted by Crippen LogP contribution is 2.20. The summed E-state index contributed by atoms with van der Waals surface area (Å²) in [6.45, 7) is 1.03. The minimum Gasteiger partial charge on any atom is -0.481 e. The van der Waals surface area contributed by atoms with E-state index in [1.165, 1.54) is 0 Å². The standard InChI is InChI=1S/C14H16ClNO3/c15-12-4-2-1-3-11(12)9-13(17)16-7-5-10(6-8-16)14(18)19/h1-4,10H,5-9H2,(H,18,19). The first-order valence-corrected chi connectivity index (χ1v) is 6.69. The second kappa shape index (κ2) is 6.06. The van der Waals surface area contributed by atoms with E-state index in [4.69, 9.17) is 16.7 Å². The number of rotatable bonds is 3. The number of carboxylic acids is 1. The molecule has 1 aromatic rings. The van der Waals surface area contributed by atoms with Gasteiger partial charge in [-0.1, -0.05) is 29.8 Å². The Labute approximate surface area is 117 Å². The summed E-state index contributed by atoms with van der Waals surface area (Å²) in [6, 6.07) is 7.28. The number of benzene rings is 1. The van der Waals surface area contributed by atoms with E-state index >= 15 is 0 Å². The molecule has 1 amide bonds. The lowest BCUT2D eigenvalue weighted by Gasteiger charge is -2.30. The number of nitrogens with zero attached hydrogens (tertiary/aromatic N) is 1. The van der Waals surface area contributed by atoms with Crippen molar-refractivity contribution in [3.63, 3.8) is 0 Å². The van der Waals surface area contributed by atoms with Gasteiger partial charge in [0, 0.05) is 18.1 Å². The monoisotopic (exact) mass is 281 g/mol. The van der Waals surface area contributed by atoms with E-state index in [-0.39, 0.29) is 18.2 Å². The second-order valence-electron chi connectivity index (χ2n) is 4.76. The Balaban J connectivity index is 1.92. The summed E-state index contributed by atoms with van der Waals surface area (Å²) in [4.78, 5) is 24.7. The number of carbonyl (C=O) groups excluding carboxylic acids is 1. The number of aliphatic carboxylic acids is 1. The number of amides is 1. The molecule has 0 bridgehead atoms. The average molecular weight is 282 g/mol. The normalized spacial score (nSPS) is 16.4. The fourth-order valence-electron chi connectivity index (χ4n) is 2.29. The minimum absolute atomic E-state index is 0.0111. The third-order valence-corrected chi connectivity index (χ3v) is 3.87. The summed E-state index contributed by atoms with van der Waals surface area (Å²) < 4.78 is 0. The van der Waals surface area contributed by atoms with E-state index < -0.39 is 5.97 Å². The Morgan fingerprint density at radius 2 is 1.89 bits per heavy atom. The molecule has 1 fully saturated rings. The van der Waals surface area contributed by atoms with Gasteiger partial charge in [-0.3, -0.25) is 9.59 Å². The predicted octanol–water partition coefficient (Wildman–Crippen LogP) is 2.21. The number of carbonyl (C=O) groups is 2. The quantitative estimate of drug-likeness (QED) is 0.924. The lowest BCUT2D eigenvalue weighted by atomic mass is 9.96. The van der Waals surface area contributed by atoms with Crippen LogP contribution in [0.4, 0.5) is 0 Å². The van der Waals surface area contributed by atoms with Gasteiger partial charge >= 0.3 is 5.97 Å². The van der Waals surface area contributed by atoms with Crippen LogP contribution in [0.2, 0.25) is 5.02 Å². The molecular formula is C14H16ClNO3. The third-order valence-electron chi connectivity index (χ3n) is 3.50. The Hall–Kier alpha value is -1.55. The largest absolute Gasteiger partial charge is 0.481 e. The molecule has 1 heterocycles. The molecule has 1 saturated heterocycles. The maximum atomic E-state index is 12.1. The molecule has 1 aliphatic rings. The molecule has 2 rings (SSSR count). The minimum atomic E-state index is -0.766. The van der Waals surface area contributed by atoms with Gasteiger partial charge < -0.3 is 10.0 Å². The molecule has 1 N–H and O–H groups in total. The van der Waals surface area contributed by atoms with E-state index in [2.05, 4.69) is 0 Å². The Morgan fingerprint density at radius 1 is 1.26 bits per heavy atom. The Morgan fingerprint density at radius 3 is 2.47 bits per heavy atom. The van der Waals surface area contributed by atoms with Gasteiger partial charge in [-0.25, -0.2) is 0 Å². The van der Waals surface area contributed by atoms with Crippen LogP contribution >= 0.6 is 11.6 Å². The van der Waals surface area contributed by atoms with Crippen molar-refractivity contribution in [2.45, 2.75) is 19.3 Å². The van der Waals surface area contributed by atoms with Gasteiger partial charge in [-0.15, -0.1) is 0 Å². The van der Waals surface area contributed by atoms with Crippen molar-refractivity contribution in [3.8, 4) is 0 Å². The van der Waals surface area contributed by atoms with Crippen LogP contribution in [0, 0.1) is 5.92 Å². The van der Waals surface area contributed by atoms with Crippen LogP contribution in [0.25, 0.3) is 0 Å². The third kappa shape index (κ3) is 3.47. The molecule has 0 aliphatic carbocycles. The van der Waals surface area contributed by atoms with Crippen LogP contribution in [0.15, 0.2) is 24.3 Å². The molecule has 0 spiro atoms. The van der Waals surface area contributed by atoms with Crippen LogP contribution in [-0.2, 0) is 16.0 Å². The molecule has 1 aliphatic heterocycles. The first-order chi connectivity index (χ1) is 9.08. The Bertz CT molecular complexity index is 481. The number of hydrogen-bond acceptors (Lipinski definition) is 2. The van der Waals surface area contributed by atoms with Gasteiger partial charge in [0.25, 0.3) is 0 Å². The summed E-state index contributed by atoms with van der Waals surface area (Å²) in [5.41, 5.74) is 0.814. The van der Waals surface area contributed by atoms with Crippen LogP contribution < -0.4 is 0 Å². The van der Waals surface area contributed by atoms with Crippen molar-refractivity contribution in [2.75, 3.05) is 13.1 Å². The highest BCUT2D eigenvalue weighted by atomic mass is 35.5. The van der Waals surface area contributed by atoms with E-state index in [0.717, 1.165) is 5.56 Å². The molecule has 102 valence electrons. The highest BCUT2D eigenvalue weighted by Gasteiger charge is 2.26. The molecule has 19 heavy (non-hydrogen) atoms. The average Bonchev–Trinajstić information content (AvgIpc) is 2.41. The first-order valence-electron chi connectivity index (χ1n) is 6.32. The van der Waals surface area contributed by atoms with Gasteiger partial charge in [-0.2, -0.15) is 0 Å². The maximum absolute atomic E-state index is 12.1. The number of piperidine rings is 1. The number of likely N-dealkylation sites (tertiary alicyclic amines) is 1. The van der Waals surface area contributed by atoms with E-state index in [0.29, 0.717) is 31.0 Å². The fourth-order valence-corrected chi connectivity index (χ4v) is 2.49. The van der Waals surface area contributed by atoms with Crippen LogP contribution in [0.5, 0.6) is 0 Å². The fraction of sp³-hybridized carbons (Fsp3) is 0.429. The van der Waals surface area contributed by atoms with Crippen molar-refractivity contribution < 1.29 is 14.7 Å². The number of hydrogen-bond donors (Lipinski definition) is 1. The topological polar surface area (TPSA) is 57.6 Å². The van der Waals surface area contributed by atoms with Crippen molar-refractivity contribution in [1.29, 1.82) is 0 Å². The first kappa shape index (κ1) is 13.9. The summed E-state index contributed by atoms with van der Waals surface area (Å²) in [5, 5.41) is 9.51. The van der Waals surface area contributed by atoms with Gasteiger partial charge in [0.05, 0.1) is 12.3 Å². The van der Waals surface area contributed by atoms with E-state index in [1.807, 2.05) is 18.2 Å². The Kier molecular flexibility index (Phi) is 4.43. The number of halogens is 1. The molecule has 0 radical (unpaired) electrons. The summed E-state index contributed by atoms with van der Waals surface area (Å²) >= 11 is 6.02. The zero-order valence-corrected chi connectivity index (χ0v) is 11.3. The molecule has 0 unspecified atom stereocenters. The molecule has 0 aromatic heterocycles. The van der Waals surface area contributed by atoms with Crippen LogP contribution in [-0.4, -0.2) is 35.0 Å². The van der Waals surface area contributed by atoms with Gasteiger partial charge in [0.15, 0.2) is 0 Å². The lowest BCUT2D eigenvalue weighted by molar-refractivity contribution is -0.145. The summed E-state index contributed by atoms with van der Waals surface area (Å²) in [5.74, 6) is -1.07. The summed E-state index contributed by atoms with van der Waals surface area (Å²) in [6.07, 6.45) is 1.34. The highest BCUT2D eigenvalue weighted by molar-refractivity contribution is 6.31. The summed E-state index contributed by atoms with van der Waals surface area (Å²) in [7, 11) is 0. The molecule has 5 heteroatoms. The van der Waals surface area contributed by atoms with Gasteiger partial charge in [-0.05, 0) is 24.5 Å². The molecular weight excluding hydrogens is 266 g/mol. The molecule has 4 nitrogen and oxygen atoms in total. The molecule has 0 saturated carbocycles. The lowest BCUT2D eigenvalue weighted by Crippen LogP contribution is -2.41. The molecule has 1 aromatic carbocycles. The van der Waals surface area contributed by atoms with Crippen LogP contribution in [0.1, 0.15) is 18.4 Å². The van der Waals surface area contributed by atoms with E-state index in [1.54, 1.807) is 11.0 Å². The zero-order chi connectivity index (χ0) is 13.8. The number of carboxylic acid groups (broad SMARTS) is 1. The SMILES string of the molecule is O=C(O)C1CCN(C(=O)Cc2ccccc2Cl)CC1. The molecule has 0 atom stereocenters. The van der Waals surface area contributed by atoms with Crippen molar-refractivity contribution >= 4 is 23.5 Å². The van der Waals surface area contributed by atoms with Crippen LogP contribution in [0.3, 0.4) is 0 Å². The van der Waals surface area contributed by atoms with Crippen molar-refractivity contribution in [3.05, 3.63) is 34.9 Å². The predicted molar refractivity (Wildman–Crippen MR) is 72.1 cm³/mol. The van der Waals surface area contributed by atoms with E-state index in [9.17, 15) is 9.59 Å². The van der Waals surface area contributed by atoms with Gasteiger partial charge in [0.2, 0.25) is 5.91 Å². The zero-order valence-electron chi connectivity index (χ0n) is 10.5. The smallest absolute Gasteiger partial charge is 0.306 e. The maximum Gasteiger partial charge on any atom is 0.306 e.